The first-order valence-corrected chi connectivity index (χ1v) is 8.04. The molecule has 7 nitrogen and oxygen atoms in total. The van der Waals surface area contributed by atoms with Crippen LogP contribution in [0.15, 0.2) is 0 Å². The van der Waals surface area contributed by atoms with Crippen LogP contribution in [0.4, 0.5) is 9.59 Å². The second-order valence-corrected chi connectivity index (χ2v) is 6.45. The van der Waals surface area contributed by atoms with Crippen LogP contribution in [0.5, 0.6) is 0 Å². The van der Waals surface area contributed by atoms with Gasteiger partial charge < -0.3 is 20.3 Å². The zero-order valence-electron chi connectivity index (χ0n) is 14.3. The molecule has 22 heavy (non-hydrogen) atoms. The third kappa shape index (κ3) is 7.49. The highest BCUT2D eigenvalue weighted by Crippen LogP contribution is 2.11. The van der Waals surface area contributed by atoms with Gasteiger partial charge in [-0.25, -0.2) is 9.59 Å². The summed E-state index contributed by atoms with van der Waals surface area (Å²) in [6.45, 7) is 12.8. The Hall–Kier alpha value is -1.50. The van der Waals surface area contributed by atoms with Crippen molar-refractivity contribution in [1.29, 1.82) is 0 Å². The Kier molecular flexibility index (Phi) is 7.44. The van der Waals surface area contributed by atoms with Gasteiger partial charge in [-0.15, -0.1) is 0 Å². The molecule has 128 valence electrons. The lowest BCUT2D eigenvalue weighted by atomic mass is 10.2. The van der Waals surface area contributed by atoms with E-state index >= 15 is 0 Å². The van der Waals surface area contributed by atoms with Crippen molar-refractivity contribution in [3.05, 3.63) is 0 Å². The van der Waals surface area contributed by atoms with Gasteiger partial charge in [0, 0.05) is 39.3 Å². The Bertz CT molecular complexity index is 360. The van der Waals surface area contributed by atoms with Crippen molar-refractivity contribution in [2.45, 2.75) is 39.7 Å². The first kappa shape index (κ1) is 18.5. The van der Waals surface area contributed by atoms with Gasteiger partial charge in [0.25, 0.3) is 0 Å². The lowest BCUT2D eigenvalue weighted by Gasteiger charge is -2.35. The average molecular weight is 314 g/mol. The van der Waals surface area contributed by atoms with E-state index in [9.17, 15) is 9.59 Å². The zero-order chi connectivity index (χ0) is 16.6. The highest BCUT2D eigenvalue weighted by atomic mass is 16.6. The highest BCUT2D eigenvalue weighted by molar-refractivity contribution is 5.73. The number of amides is 3. The molecule has 3 amide bonds. The van der Waals surface area contributed by atoms with E-state index in [-0.39, 0.29) is 12.1 Å². The molecule has 1 rings (SSSR count). The van der Waals surface area contributed by atoms with Crippen molar-refractivity contribution in [2.75, 3.05) is 45.8 Å². The molecule has 0 radical (unpaired) electrons. The van der Waals surface area contributed by atoms with Gasteiger partial charge in [-0.2, -0.15) is 0 Å². The fraction of sp³-hybridized carbons (Fsp3) is 0.867. The number of carbonyl (C=O) groups excluding carboxylic acids is 2. The maximum atomic E-state index is 11.9. The molecule has 1 fully saturated rings. The smallest absolute Gasteiger partial charge is 0.410 e. The quantitative estimate of drug-likeness (QED) is 0.749. The first-order chi connectivity index (χ1) is 10.3. The minimum Gasteiger partial charge on any atom is -0.444 e. The van der Waals surface area contributed by atoms with Crippen molar-refractivity contribution in [2.24, 2.45) is 0 Å². The van der Waals surface area contributed by atoms with Gasteiger partial charge in [0.1, 0.15) is 5.60 Å². The third-order valence-electron chi connectivity index (χ3n) is 3.30. The topological polar surface area (TPSA) is 73.9 Å². The summed E-state index contributed by atoms with van der Waals surface area (Å²) in [5.74, 6) is 0. The molecule has 1 aliphatic heterocycles. The van der Waals surface area contributed by atoms with Gasteiger partial charge in [0.2, 0.25) is 0 Å². The van der Waals surface area contributed by atoms with Crippen LogP contribution in [0.3, 0.4) is 0 Å². The van der Waals surface area contributed by atoms with E-state index in [1.807, 2.05) is 27.7 Å². The van der Waals surface area contributed by atoms with Crippen molar-refractivity contribution >= 4 is 12.1 Å². The fourth-order valence-corrected chi connectivity index (χ4v) is 2.21. The summed E-state index contributed by atoms with van der Waals surface area (Å²) in [7, 11) is 0. The van der Waals surface area contributed by atoms with E-state index in [4.69, 9.17) is 4.74 Å². The second-order valence-electron chi connectivity index (χ2n) is 6.45. The number of rotatable bonds is 5. The molecule has 0 bridgehead atoms. The van der Waals surface area contributed by atoms with E-state index in [2.05, 4.69) is 15.5 Å². The van der Waals surface area contributed by atoms with Crippen molar-refractivity contribution in [3.8, 4) is 0 Å². The van der Waals surface area contributed by atoms with Gasteiger partial charge in [-0.1, -0.05) is 0 Å². The Balaban J connectivity index is 2.15. The summed E-state index contributed by atoms with van der Waals surface area (Å²) in [4.78, 5) is 27.2. The zero-order valence-corrected chi connectivity index (χ0v) is 14.3. The molecule has 2 N–H and O–H groups in total. The summed E-state index contributed by atoms with van der Waals surface area (Å²) in [5, 5.41) is 5.51. The molecule has 1 aliphatic rings. The van der Waals surface area contributed by atoms with Crippen LogP contribution in [0.2, 0.25) is 0 Å². The number of hydrogen-bond acceptors (Lipinski definition) is 4. The lowest BCUT2D eigenvalue weighted by molar-refractivity contribution is 0.0144. The first-order valence-electron chi connectivity index (χ1n) is 8.04. The predicted octanol–water partition coefficient (Wildman–Crippen LogP) is 1.25. The number of carbonyl (C=O) groups is 2. The molecule has 0 saturated carbocycles. The molecule has 0 spiro atoms. The van der Waals surface area contributed by atoms with Gasteiger partial charge >= 0.3 is 12.1 Å². The molecular weight excluding hydrogens is 284 g/mol. The van der Waals surface area contributed by atoms with Crippen LogP contribution in [-0.2, 0) is 4.74 Å². The normalized spacial score (nSPS) is 16.3. The number of ether oxygens (including phenoxy) is 1. The molecule has 0 aliphatic carbocycles. The summed E-state index contributed by atoms with van der Waals surface area (Å²) >= 11 is 0. The molecule has 0 unspecified atom stereocenters. The number of hydrogen-bond donors (Lipinski definition) is 2. The Morgan fingerprint density at radius 2 is 1.73 bits per heavy atom. The minimum atomic E-state index is -0.445. The third-order valence-corrected chi connectivity index (χ3v) is 3.30. The molecule has 0 aromatic carbocycles. The molecule has 0 aromatic rings. The van der Waals surface area contributed by atoms with E-state index < -0.39 is 5.60 Å². The molecule has 1 saturated heterocycles. The Morgan fingerprint density at radius 3 is 2.27 bits per heavy atom. The maximum Gasteiger partial charge on any atom is 0.410 e. The molecule has 0 atom stereocenters. The monoisotopic (exact) mass is 314 g/mol. The van der Waals surface area contributed by atoms with Gasteiger partial charge in [-0.3, -0.25) is 4.90 Å². The molecule has 0 aromatic heterocycles. The largest absolute Gasteiger partial charge is 0.444 e. The van der Waals surface area contributed by atoms with Crippen molar-refractivity contribution in [3.63, 3.8) is 0 Å². The minimum absolute atomic E-state index is 0.114. The maximum absolute atomic E-state index is 11.9. The SMILES string of the molecule is CCNC(=O)NCCCN1CCN(C(=O)OC(C)(C)C)CC1. The van der Waals surface area contributed by atoms with E-state index in [1.54, 1.807) is 4.90 Å². The van der Waals surface area contributed by atoms with Crippen LogP contribution in [0.25, 0.3) is 0 Å². The highest BCUT2D eigenvalue weighted by Gasteiger charge is 2.25. The predicted molar refractivity (Wildman–Crippen MR) is 85.9 cm³/mol. The number of piperazine rings is 1. The Labute approximate surface area is 133 Å². The van der Waals surface area contributed by atoms with Crippen LogP contribution in [-0.4, -0.2) is 73.3 Å². The van der Waals surface area contributed by atoms with Crippen LogP contribution in [0.1, 0.15) is 34.1 Å². The molecule has 7 heteroatoms. The molecular formula is C15H30N4O3. The lowest BCUT2D eigenvalue weighted by Crippen LogP contribution is -2.50. The fourth-order valence-electron chi connectivity index (χ4n) is 2.21. The van der Waals surface area contributed by atoms with Crippen molar-refractivity contribution < 1.29 is 14.3 Å². The van der Waals surface area contributed by atoms with Crippen LogP contribution in [0, 0.1) is 0 Å². The number of nitrogens with zero attached hydrogens (tertiary/aromatic N) is 2. The van der Waals surface area contributed by atoms with Gasteiger partial charge in [0.15, 0.2) is 0 Å². The van der Waals surface area contributed by atoms with Crippen molar-refractivity contribution in [1.82, 2.24) is 20.4 Å². The number of nitrogens with one attached hydrogen (secondary N) is 2. The van der Waals surface area contributed by atoms with E-state index in [0.29, 0.717) is 26.2 Å². The second kappa shape index (κ2) is 8.82. The van der Waals surface area contributed by atoms with E-state index in [1.165, 1.54) is 0 Å². The van der Waals surface area contributed by atoms with E-state index in [0.717, 1.165) is 26.1 Å². The molecule has 1 heterocycles. The van der Waals surface area contributed by atoms with Gasteiger partial charge in [0.05, 0.1) is 0 Å². The summed E-state index contributed by atoms with van der Waals surface area (Å²) in [5.41, 5.74) is -0.445. The summed E-state index contributed by atoms with van der Waals surface area (Å²) in [6, 6.07) is -0.114. The van der Waals surface area contributed by atoms with Crippen LogP contribution >= 0.6 is 0 Å². The number of urea groups is 1. The Morgan fingerprint density at radius 1 is 1.09 bits per heavy atom. The summed E-state index contributed by atoms with van der Waals surface area (Å²) < 4.78 is 5.37. The summed E-state index contributed by atoms with van der Waals surface area (Å²) in [6.07, 6.45) is 0.675. The van der Waals surface area contributed by atoms with Crippen LogP contribution < -0.4 is 10.6 Å². The average Bonchev–Trinajstić information content (AvgIpc) is 2.43. The standard InChI is InChI=1S/C15H30N4O3/c1-5-16-13(20)17-7-6-8-18-9-11-19(12-10-18)14(21)22-15(2,3)4/h5-12H2,1-4H3,(H2,16,17,20). The van der Waals surface area contributed by atoms with Gasteiger partial charge in [-0.05, 0) is 40.7 Å².